The number of hydrogen-bond acceptors (Lipinski definition) is 3. The SMILES string of the molecule is CC1CCCC(CN)(OCC2CCOCC2)C1. The monoisotopic (exact) mass is 241 g/mol. The van der Waals surface area contributed by atoms with E-state index in [9.17, 15) is 0 Å². The summed E-state index contributed by atoms with van der Waals surface area (Å²) in [5, 5.41) is 0. The van der Waals surface area contributed by atoms with Crippen molar-refractivity contribution in [3.05, 3.63) is 0 Å². The minimum atomic E-state index is -0.0179. The normalized spacial score (nSPS) is 36.0. The molecule has 0 aromatic rings. The van der Waals surface area contributed by atoms with Gasteiger partial charge in [0.25, 0.3) is 0 Å². The smallest absolute Gasteiger partial charge is 0.0806 e. The molecule has 2 rings (SSSR count). The summed E-state index contributed by atoms with van der Waals surface area (Å²) in [5.74, 6) is 1.45. The van der Waals surface area contributed by atoms with E-state index in [1.54, 1.807) is 0 Å². The van der Waals surface area contributed by atoms with Gasteiger partial charge < -0.3 is 15.2 Å². The lowest BCUT2D eigenvalue weighted by atomic mass is 9.78. The van der Waals surface area contributed by atoms with Gasteiger partial charge in [0.1, 0.15) is 0 Å². The first kappa shape index (κ1) is 13.3. The van der Waals surface area contributed by atoms with Crippen LogP contribution in [0.5, 0.6) is 0 Å². The van der Waals surface area contributed by atoms with Crippen LogP contribution in [0.2, 0.25) is 0 Å². The summed E-state index contributed by atoms with van der Waals surface area (Å²) in [6.07, 6.45) is 7.20. The molecular formula is C14H27NO2. The molecule has 0 aromatic carbocycles. The standard InChI is InChI=1S/C14H27NO2/c1-12-3-2-6-14(9-12,11-15)17-10-13-4-7-16-8-5-13/h12-13H,2-11,15H2,1H3. The van der Waals surface area contributed by atoms with Crippen LogP contribution in [-0.2, 0) is 9.47 Å². The van der Waals surface area contributed by atoms with Crippen molar-refractivity contribution in [2.75, 3.05) is 26.4 Å². The van der Waals surface area contributed by atoms with E-state index in [4.69, 9.17) is 15.2 Å². The molecule has 2 fully saturated rings. The average Bonchev–Trinajstić information content (AvgIpc) is 2.38. The molecule has 17 heavy (non-hydrogen) atoms. The van der Waals surface area contributed by atoms with Crippen molar-refractivity contribution in [3.8, 4) is 0 Å². The molecule has 2 aliphatic rings. The Morgan fingerprint density at radius 3 is 2.71 bits per heavy atom. The van der Waals surface area contributed by atoms with Gasteiger partial charge in [-0.05, 0) is 37.5 Å². The molecule has 1 saturated carbocycles. The Morgan fingerprint density at radius 1 is 1.29 bits per heavy atom. The third-order valence-electron chi connectivity index (χ3n) is 4.39. The maximum absolute atomic E-state index is 6.25. The van der Waals surface area contributed by atoms with E-state index in [1.807, 2.05) is 0 Å². The van der Waals surface area contributed by atoms with E-state index in [0.717, 1.165) is 51.4 Å². The summed E-state index contributed by atoms with van der Waals surface area (Å²) >= 11 is 0. The van der Waals surface area contributed by atoms with Gasteiger partial charge in [-0.15, -0.1) is 0 Å². The third-order valence-corrected chi connectivity index (χ3v) is 4.39. The zero-order valence-electron chi connectivity index (χ0n) is 11.1. The van der Waals surface area contributed by atoms with Crippen LogP contribution < -0.4 is 5.73 Å². The van der Waals surface area contributed by atoms with Crippen LogP contribution in [-0.4, -0.2) is 32.0 Å². The van der Waals surface area contributed by atoms with Gasteiger partial charge in [-0.2, -0.15) is 0 Å². The number of rotatable bonds is 4. The fraction of sp³-hybridized carbons (Fsp3) is 1.00. The first-order valence-corrected chi connectivity index (χ1v) is 7.16. The van der Waals surface area contributed by atoms with Gasteiger partial charge in [-0.3, -0.25) is 0 Å². The molecule has 1 heterocycles. The van der Waals surface area contributed by atoms with Gasteiger partial charge >= 0.3 is 0 Å². The van der Waals surface area contributed by atoms with E-state index in [1.165, 1.54) is 12.8 Å². The topological polar surface area (TPSA) is 44.5 Å². The lowest BCUT2D eigenvalue weighted by Gasteiger charge is -2.40. The van der Waals surface area contributed by atoms with Crippen molar-refractivity contribution in [1.29, 1.82) is 0 Å². The summed E-state index contributed by atoms with van der Waals surface area (Å²) in [6.45, 7) is 5.69. The minimum Gasteiger partial charge on any atom is -0.381 e. The Hall–Kier alpha value is -0.120. The molecule has 3 nitrogen and oxygen atoms in total. The largest absolute Gasteiger partial charge is 0.381 e. The second-order valence-corrected chi connectivity index (χ2v) is 5.96. The molecular weight excluding hydrogens is 214 g/mol. The number of hydrogen-bond donors (Lipinski definition) is 1. The molecule has 0 radical (unpaired) electrons. The zero-order valence-corrected chi connectivity index (χ0v) is 11.1. The van der Waals surface area contributed by atoms with Crippen LogP contribution in [0.25, 0.3) is 0 Å². The van der Waals surface area contributed by atoms with Gasteiger partial charge in [-0.1, -0.05) is 19.8 Å². The predicted octanol–water partition coefficient (Wildman–Crippen LogP) is 2.34. The lowest BCUT2D eigenvalue weighted by molar-refractivity contribution is -0.0973. The van der Waals surface area contributed by atoms with Gasteiger partial charge in [0.05, 0.1) is 12.2 Å². The summed E-state index contributed by atoms with van der Waals surface area (Å²) in [4.78, 5) is 0. The molecule has 2 unspecified atom stereocenters. The van der Waals surface area contributed by atoms with Gasteiger partial charge in [0.2, 0.25) is 0 Å². The molecule has 1 saturated heterocycles. The van der Waals surface area contributed by atoms with Crippen LogP contribution >= 0.6 is 0 Å². The van der Waals surface area contributed by atoms with E-state index >= 15 is 0 Å². The molecule has 2 atom stereocenters. The Morgan fingerprint density at radius 2 is 2.06 bits per heavy atom. The summed E-state index contributed by atoms with van der Waals surface area (Å²) < 4.78 is 11.6. The molecule has 0 aromatic heterocycles. The Labute approximate surface area is 105 Å². The number of ether oxygens (including phenoxy) is 2. The van der Waals surface area contributed by atoms with E-state index < -0.39 is 0 Å². The highest BCUT2D eigenvalue weighted by Gasteiger charge is 2.35. The summed E-state index contributed by atoms with van der Waals surface area (Å²) in [6, 6.07) is 0. The predicted molar refractivity (Wildman–Crippen MR) is 68.9 cm³/mol. The van der Waals surface area contributed by atoms with Gasteiger partial charge in [-0.25, -0.2) is 0 Å². The highest BCUT2D eigenvalue weighted by molar-refractivity contribution is 4.88. The molecule has 0 bridgehead atoms. The molecule has 2 N–H and O–H groups in total. The lowest BCUT2D eigenvalue weighted by Crippen LogP contribution is -2.45. The Bertz CT molecular complexity index is 228. The van der Waals surface area contributed by atoms with Crippen LogP contribution in [0.15, 0.2) is 0 Å². The van der Waals surface area contributed by atoms with Crippen molar-refractivity contribution >= 4 is 0 Å². The van der Waals surface area contributed by atoms with Crippen LogP contribution in [0.1, 0.15) is 45.4 Å². The maximum Gasteiger partial charge on any atom is 0.0806 e. The molecule has 3 heteroatoms. The fourth-order valence-electron chi connectivity index (χ4n) is 3.19. The van der Waals surface area contributed by atoms with Crippen molar-refractivity contribution in [1.82, 2.24) is 0 Å². The fourth-order valence-corrected chi connectivity index (χ4v) is 3.19. The Kier molecular flexibility index (Phi) is 4.83. The van der Waals surface area contributed by atoms with Crippen LogP contribution in [0.4, 0.5) is 0 Å². The van der Waals surface area contributed by atoms with E-state index in [0.29, 0.717) is 12.5 Å². The van der Waals surface area contributed by atoms with Crippen molar-refractivity contribution in [3.63, 3.8) is 0 Å². The molecule has 1 aliphatic carbocycles. The molecule has 0 amide bonds. The molecule has 100 valence electrons. The second-order valence-electron chi connectivity index (χ2n) is 5.96. The Balaban J connectivity index is 1.81. The van der Waals surface area contributed by atoms with E-state index in [2.05, 4.69) is 6.92 Å². The third kappa shape index (κ3) is 3.67. The van der Waals surface area contributed by atoms with Crippen molar-refractivity contribution < 1.29 is 9.47 Å². The highest BCUT2D eigenvalue weighted by Crippen LogP contribution is 2.35. The summed E-state index contributed by atoms with van der Waals surface area (Å²) in [5.41, 5.74) is 5.95. The van der Waals surface area contributed by atoms with Crippen molar-refractivity contribution in [2.24, 2.45) is 17.6 Å². The first-order valence-electron chi connectivity index (χ1n) is 7.16. The molecule has 0 spiro atoms. The quantitative estimate of drug-likeness (QED) is 0.821. The number of nitrogens with two attached hydrogens (primary N) is 1. The van der Waals surface area contributed by atoms with Crippen molar-refractivity contribution in [2.45, 2.75) is 51.0 Å². The van der Waals surface area contributed by atoms with E-state index in [-0.39, 0.29) is 5.60 Å². The first-order chi connectivity index (χ1) is 8.24. The minimum absolute atomic E-state index is 0.0179. The molecule has 1 aliphatic heterocycles. The summed E-state index contributed by atoms with van der Waals surface area (Å²) in [7, 11) is 0. The average molecular weight is 241 g/mol. The maximum atomic E-state index is 6.25. The van der Waals surface area contributed by atoms with Crippen LogP contribution in [0.3, 0.4) is 0 Å². The highest BCUT2D eigenvalue weighted by atomic mass is 16.5. The van der Waals surface area contributed by atoms with Gasteiger partial charge in [0, 0.05) is 19.8 Å². The van der Waals surface area contributed by atoms with Crippen LogP contribution in [0, 0.1) is 11.8 Å². The second kappa shape index (κ2) is 6.17. The zero-order chi connectivity index (χ0) is 12.1. The van der Waals surface area contributed by atoms with Gasteiger partial charge in [0.15, 0.2) is 0 Å².